The fourth-order valence-electron chi connectivity index (χ4n) is 2.44. The van der Waals surface area contributed by atoms with E-state index in [1.165, 1.54) is 0 Å². The molecule has 1 aliphatic carbocycles. The van der Waals surface area contributed by atoms with Gasteiger partial charge < -0.3 is 10.4 Å². The summed E-state index contributed by atoms with van der Waals surface area (Å²) in [5, 5.41) is 15.3. The zero-order valence-electron chi connectivity index (χ0n) is 10.0. The number of aromatic nitrogens is 1. The van der Waals surface area contributed by atoms with E-state index in [2.05, 4.69) is 17.2 Å². The summed E-state index contributed by atoms with van der Waals surface area (Å²) in [5.74, 6) is -0.730. The van der Waals surface area contributed by atoms with Crippen LogP contribution in [0.1, 0.15) is 44.7 Å². The quantitative estimate of drug-likeness (QED) is 0.848. The van der Waals surface area contributed by atoms with Crippen LogP contribution < -0.4 is 5.32 Å². The number of aliphatic carboxylic acids is 1. The van der Waals surface area contributed by atoms with Gasteiger partial charge in [-0.1, -0.05) is 19.8 Å². The summed E-state index contributed by atoms with van der Waals surface area (Å²) >= 11 is 1.57. The van der Waals surface area contributed by atoms with E-state index in [-0.39, 0.29) is 12.0 Å². The maximum atomic E-state index is 11.0. The number of hydrogen-bond acceptors (Lipinski definition) is 4. The van der Waals surface area contributed by atoms with E-state index < -0.39 is 5.97 Å². The molecular formula is C12H18N2O2S. The molecule has 0 atom stereocenters. The number of aryl methyl sites for hydroxylation is 1. The van der Waals surface area contributed by atoms with Gasteiger partial charge in [-0.3, -0.25) is 4.79 Å². The van der Waals surface area contributed by atoms with Crippen LogP contribution in [0.25, 0.3) is 0 Å². The lowest BCUT2D eigenvalue weighted by molar-refractivity contribution is -0.138. The predicted molar refractivity (Wildman–Crippen MR) is 68.6 cm³/mol. The highest BCUT2D eigenvalue weighted by molar-refractivity contribution is 7.13. The number of anilines is 1. The average molecular weight is 254 g/mol. The molecule has 17 heavy (non-hydrogen) atoms. The number of nitrogens with one attached hydrogen (secondary N) is 1. The number of hydrogen-bond donors (Lipinski definition) is 2. The van der Waals surface area contributed by atoms with Gasteiger partial charge in [0.2, 0.25) is 0 Å². The molecular weight excluding hydrogens is 236 g/mol. The van der Waals surface area contributed by atoms with Crippen LogP contribution in [-0.2, 0) is 11.2 Å². The molecule has 94 valence electrons. The van der Waals surface area contributed by atoms with Crippen LogP contribution >= 0.6 is 11.3 Å². The minimum Gasteiger partial charge on any atom is -0.481 e. The second kappa shape index (κ2) is 5.04. The predicted octanol–water partition coefficient (Wildman–Crippen LogP) is 2.90. The lowest BCUT2D eigenvalue weighted by atomic mass is 9.93. The fourth-order valence-corrected chi connectivity index (χ4v) is 3.35. The Balaban J connectivity index is 2.09. The SMILES string of the molecule is CCc1csc(NC2(CC(=O)O)CCCC2)n1. The second-order valence-corrected chi connectivity index (χ2v) is 5.54. The number of thiazole rings is 1. The topological polar surface area (TPSA) is 62.2 Å². The first-order valence-electron chi connectivity index (χ1n) is 6.08. The largest absolute Gasteiger partial charge is 0.481 e. The molecule has 0 saturated heterocycles. The van der Waals surface area contributed by atoms with E-state index in [1.807, 2.05) is 5.38 Å². The van der Waals surface area contributed by atoms with E-state index >= 15 is 0 Å². The van der Waals surface area contributed by atoms with Crippen LogP contribution in [0.4, 0.5) is 5.13 Å². The smallest absolute Gasteiger partial charge is 0.305 e. The summed E-state index contributed by atoms with van der Waals surface area (Å²) in [4.78, 5) is 15.4. The summed E-state index contributed by atoms with van der Waals surface area (Å²) in [7, 11) is 0. The van der Waals surface area contributed by atoms with E-state index in [0.29, 0.717) is 0 Å². The van der Waals surface area contributed by atoms with E-state index in [9.17, 15) is 4.79 Å². The van der Waals surface area contributed by atoms with Crippen molar-refractivity contribution in [1.29, 1.82) is 0 Å². The van der Waals surface area contributed by atoms with Crippen LogP contribution in [0.5, 0.6) is 0 Å². The van der Waals surface area contributed by atoms with Gasteiger partial charge in [0.05, 0.1) is 12.1 Å². The Hall–Kier alpha value is -1.10. The maximum absolute atomic E-state index is 11.0. The van der Waals surface area contributed by atoms with Crippen molar-refractivity contribution >= 4 is 22.4 Å². The maximum Gasteiger partial charge on any atom is 0.305 e. The molecule has 1 aromatic rings. The zero-order valence-corrected chi connectivity index (χ0v) is 10.8. The number of rotatable bonds is 5. The minimum absolute atomic E-state index is 0.189. The van der Waals surface area contributed by atoms with Gasteiger partial charge in [0, 0.05) is 10.9 Å². The van der Waals surface area contributed by atoms with Crippen LogP contribution in [0, 0.1) is 0 Å². The minimum atomic E-state index is -0.730. The highest BCUT2D eigenvalue weighted by Crippen LogP contribution is 2.36. The highest BCUT2D eigenvalue weighted by Gasteiger charge is 2.36. The van der Waals surface area contributed by atoms with Gasteiger partial charge in [-0.05, 0) is 19.3 Å². The standard InChI is InChI=1S/C12H18N2O2S/c1-2-9-8-17-11(13-9)14-12(7-10(15)16)5-3-4-6-12/h8H,2-7H2,1H3,(H,13,14)(H,15,16). The average Bonchev–Trinajstić information content (AvgIpc) is 2.87. The van der Waals surface area contributed by atoms with E-state index in [0.717, 1.165) is 42.9 Å². The monoisotopic (exact) mass is 254 g/mol. The molecule has 0 spiro atoms. The summed E-state index contributed by atoms with van der Waals surface area (Å²) in [6.45, 7) is 2.07. The molecule has 2 rings (SSSR count). The molecule has 0 unspecified atom stereocenters. The van der Waals surface area contributed by atoms with Gasteiger partial charge in [-0.15, -0.1) is 11.3 Å². The van der Waals surface area contributed by atoms with Crippen molar-refractivity contribution in [3.05, 3.63) is 11.1 Å². The fraction of sp³-hybridized carbons (Fsp3) is 0.667. The van der Waals surface area contributed by atoms with Crippen molar-refractivity contribution in [1.82, 2.24) is 4.98 Å². The van der Waals surface area contributed by atoms with Crippen molar-refractivity contribution < 1.29 is 9.90 Å². The molecule has 0 aliphatic heterocycles. The summed E-state index contributed by atoms with van der Waals surface area (Å²) in [6, 6.07) is 0. The number of carbonyl (C=O) groups is 1. The van der Waals surface area contributed by atoms with Crippen LogP contribution in [-0.4, -0.2) is 21.6 Å². The molecule has 0 bridgehead atoms. The second-order valence-electron chi connectivity index (χ2n) is 4.68. The van der Waals surface area contributed by atoms with Crippen molar-refractivity contribution in [3.8, 4) is 0 Å². The Morgan fingerprint density at radius 1 is 1.59 bits per heavy atom. The van der Waals surface area contributed by atoms with Crippen molar-refractivity contribution in [3.63, 3.8) is 0 Å². The molecule has 4 nitrogen and oxygen atoms in total. The first kappa shape index (κ1) is 12.4. The first-order valence-corrected chi connectivity index (χ1v) is 6.96. The van der Waals surface area contributed by atoms with Gasteiger partial charge >= 0.3 is 5.97 Å². The molecule has 1 aliphatic rings. The molecule has 1 aromatic heterocycles. The Morgan fingerprint density at radius 2 is 2.29 bits per heavy atom. The molecule has 0 aromatic carbocycles. The Morgan fingerprint density at radius 3 is 2.82 bits per heavy atom. The first-order chi connectivity index (χ1) is 8.13. The van der Waals surface area contributed by atoms with Gasteiger partial charge in [0.15, 0.2) is 5.13 Å². The molecule has 1 heterocycles. The van der Waals surface area contributed by atoms with E-state index in [4.69, 9.17) is 5.11 Å². The number of nitrogens with zero attached hydrogens (tertiary/aromatic N) is 1. The van der Waals surface area contributed by atoms with Crippen LogP contribution in [0.2, 0.25) is 0 Å². The lowest BCUT2D eigenvalue weighted by Gasteiger charge is -2.28. The van der Waals surface area contributed by atoms with Gasteiger partial charge in [0.1, 0.15) is 0 Å². The molecule has 1 fully saturated rings. The van der Waals surface area contributed by atoms with E-state index in [1.54, 1.807) is 11.3 Å². The third-order valence-corrected chi connectivity index (χ3v) is 4.14. The summed E-state index contributed by atoms with van der Waals surface area (Å²) < 4.78 is 0. The highest BCUT2D eigenvalue weighted by atomic mass is 32.1. The summed E-state index contributed by atoms with van der Waals surface area (Å²) in [5.41, 5.74) is 0.801. The molecule has 0 amide bonds. The Kier molecular flexibility index (Phi) is 3.66. The van der Waals surface area contributed by atoms with Gasteiger partial charge in [0.25, 0.3) is 0 Å². The molecule has 2 N–H and O–H groups in total. The molecule has 5 heteroatoms. The number of carboxylic acid groups (broad SMARTS) is 1. The third kappa shape index (κ3) is 2.97. The Bertz CT molecular complexity index is 397. The molecule has 0 radical (unpaired) electrons. The Labute approximate surface area is 105 Å². The van der Waals surface area contributed by atoms with Crippen molar-refractivity contribution in [2.45, 2.75) is 51.0 Å². The van der Waals surface area contributed by atoms with Crippen molar-refractivity contribution in [2.24, 2.45) is 0 Å². The normalized spacial score (nSPS) is 18.2. The van der Waals surface area contributed by atoms with Gasteiger partial charge in [-0.25, -0.2) is 4.98 Å². The van der Waals surface area contributed by atoms with Crippen LogP contribution in [0.15, 0.2) is 5.38 Å². The van der Waals surface area contributed by atoms with Crippen LogP contribution in [0.3, 0.4) is 0 Å². The number of carboxylic acids is 1. The zero-order chi connectivity index (χ0) is 12.3. The third-order valence-electron chi connectivity index (χ3n) is 3.34. The van der Waals surface area contributed by atoms with Crippen molar-refractivity contribution in [2.75, 3.05) is 5.32 Å². The summed E-state index contributed by atoms with van der Waals surface area (Å²) in [6.07, 6.45) is 5.18. The lowest BCUT2D eigenvalue weighted by Crippen LogP contribution is -2.37. The molecule has 1 saturated carbocycles. The van der Waals surface area contributed by atoms with Gasteiger partial charge in [-0.2, -0.15) is 0 Å².